The Kier molecular flexibility index (Phi) is 4.83. The van der Waals surface area contributed by atoms with Gasteiger partial charge >= 0.3 is 0 Å². The molecule has 0 N–H and O–H groups in total. The Bertz CT molecular complexity index is 760. The van der Waals surface area contributed by atoms with Crippen LogP contribution in [0.15, 0.2) is 59.5 Å². The summed E-state index contributed by atoms with van der Waals surface area (Å²) in [6.45, 7) is 1.53. The van der Waals surface area contributed by atoms with Crippen LogP contribution in [-0.2, 0) is 9.84 Å². The van der Waals surface area contributed by atoms with Gasteiger partial charge in [-0.05, 0) is 24.6 Å². The molecule has 0 aliphatic rings. The number of nitrogens with zero attached hydrogens (tertiary/aromatic N) is 1. The maximum Gasteiger partial charge on any atom is 0.269 e. The first-order chi connectivity index (χ1) is 10.3. The third-order valence-electron chi connectivity index (χ3n) is 3.40. The van der Waals surface area contributed by atoms with Gasteiger partial charge in [0, 0.05) is 12.1 Å². The molecule has 0 aliphatic heterocycles. The largest absolute Gasteiger partial charge is 0.269 e. The smallest absolute Gasteiger partial charge is 0.258 e. The van der Waals surface area contributed by atoms with Gasteiger partial charge in [0.2, 0.25) is 0 Å². The number of nitro groups is 1. The van der Waals surface area contributed by atoms with E-state index < -0.39 is 25.4 Å². The fourth-order valence-electron chi connectivity index (χ4n) is 2.04. The number of benzene rings is 2. The Balaban J connectivity index is 2.31. The van der Waals surface area contributed by atoms with Gasteiger partial charge in [-0.2, -0.15) is 0 Å². The van der Waals surface area contributed by atoms with E-state index in [9.17, 15) is 18.5 Å². The highest BCUT2D eigenvalue weighted by Crippen LogP contribution is 2.32. The number of alkyl halides is 1. The molecule has 2 aromatic rings. The van der Waals surface area contributed by atoms with Crippen LogP contribution < -0.4 is 0 Å². The lowest BCUT2D eigenvalue weighted by Gasteiger charge is -2.19. The molecule has 0 saturated carbocycles. The Morgan fingerprint density at radius 1 is 1.05 bits per heavy atom. The fraction of sp³-hybridized carbons (Fsp3) is 0.200. The van der Waals surface area contributed by atoms with Crippen molar-refractivity contribution in [3.8, 4) is 0 Å². The second-order valence-corrected chi connectivity index (χ2v) is 7.59. The zero-order valence-corrected chi connectivity index (χ0v) is 13.3. The first kappa shape index (κ1) is 16.5. The number of hydrogen-bond donors (Lipinski definition) is 0. The van der Waals surface area contributed by atoms with Gasteiger partial charge in [-0.1, -0.05) is 30.3 Å². The quantitative estimate of drug-likeness (QED) is 0.472. The molecule has 0 bridgehead atoms. The summed E-state index contributed by atoms with van der Waals surface area (Å²) < 4.78 is 25.1. The molecule has 2 aromatic carbocycles. The summed E-state index contributed by atoms with van der Waals surface area (Å²) in [6, 6.07) is 13.7. The average Bonchev–Trinajstić information content (AvgIpc) is 2.54. The molecule has 0 radical (unpaired) electrons. The molecule has 2 unspecified atom stereocenters. The highest BCUT2D eigenvalue weighted by molar-refractivity contribution is 7.92. The van der Waals surface area contributed by atoms with Gasteiger partial charge in [-0.15, -0.1) is 11.6 Å². The molecular weight excluding hydrogens is 326 g/mol. The van der Waals surface area contributed by atoms with E-state index in [4.69, 9.17) is 11.6 Å². The minimum Gasteiger partial charge on any atom is -0.258 e. The third kappa shape index (κ3) is 3.28. The Morgan fingerprint density at radius 3 is 2.09 bits per heavy atom. The minimum atomic E-state index is -3.68. The second kappa shape index (κ2) is 6.46. The number of non-ortho nitro benzene ring substituents is 1. The highest BCUT2D eigenvalue weighted by Gasteiger charge is 2.31. The minimum absolute atomic E-state index is 0.0205. The summed E-state index contributed by atoms with van der Waals surface area (Å²) in [6.07, 6.45) is 0. The number of hydrogen-bond acceptors (Lipinski definition) is 4. The monoisotopic (exact) mass is 339 g/mol. The summed E-state index contributed by atoms with van der Waals surface area (Å²) in [5, 5.41) is 9.05. The first-order valence-corrected chi connectivity index (χ1v) is 8.49. The molecule has 0 heterocycles. The lowest BCUT2D eigenvalue weighted by molar-refractivity contribution is -0.384. The molecule has 0 aliphatic carbocycles. The van der Waals surface area contributed by atoms with E-state index in [1.54, 1.807) is 24.3 Å². The van der Waals surface area contributed by atoms with Gasteiger partial charge in [0.25, 0.3) is 5.69 Å². The second-order valence-electron chi connectivity index (χ2n) is 4.81. The summed E-state index contributed by atoms with van der Waals surface area (Å²) in [5.74, 6) is 0. The zero-order valence-electron chi connectivity index (χ0n) is 11.7. The van der Waals surface area contributed by atoms with Crippen molar-refractivity contribution in [3.05, 3.63) is 70.3 Å². The molecule has 7 heteroatoms. The van der Waals surface area contributed by atoms with Crippen molar-refractivity contribution in [1.82, 2.24) is 0 Å². The van der Waals surface area contributed by atoms with E-state index in [0.717, 1.165) is 0 Å². The predicted molar refractivity (Wildman–Crippen MR) is 84.8 cm³/mol. The van der Waals surface area contributed by atoms with Gasteiger partial charge in [0.15, 0.2) is 9.84 Å². The van der Waals surface area contributed by atoms with E-state index in [-0.39, 0.29) is 10.6 Å². The summed E-state index contributed by atoms with van der Waals surface area (Å²) in [7, 11) is -3.68. The Labute approximate surface area is 133 Å². The molecule has 0 aromatic heterocycles. The Morgan fingerprint density at radius 2 is 1.59 bits per heavy atom. The van der Waals surface area contributed by atoms with Crippen molar-refractivity contribution >= 4 is 27.1 Å². The molecule has 2 rings (SSSR count). The van der Waals surface area contributed by atoms with Crippen molar-refractivity contribution in [2.75, 3.05) is 0 Å². The molecule has 0 fully saturated rings. The molecule has 2 atom stereocenters. The van der Waals surface area contributed by atoms with Crippen molar-refractivity contribution in [3.63, 3.8) is 0 Å². The predicted octanol–water partition coefficient (Wildman–Crippen LogP) is 3.74. The van der Waals surface area contributed by atoms with Crippen molar-refractivity contribution in [2.45, 2.75) is 22.4 Å². The topological polar surface area (TPSA) is 77.3 Å². The number of nitro benzene ring substituents is 1. The number of halogens is 1. The molecule has 22 heavy (non-hydrogen) atoms. The fourth-order valence-corrected chi connectivity index (χ4v) is 4.01. The van der Waals surface area contributed by atoms with Crippen LogP contribution in [0.25, 0.3) is 0 Å². The van der Waals surface area contributed by atoms with Crippen LogP contribution in [0.1, 0.15) is 17.9 Å². The molecular formula is C15H14ClNO4S. The van der Waals surface area contributed by atoms with Crippen LogP contribution in [0.2, 0.25) is 0 Å². The number of rotatable bonds is 5. The van der Waals surface area contributed by atoms with Crippen LogP contribution in [0, 0.1) is 10.1 Å². The third-order valence-corrected chi connectivity index (χ3v) is 6.36. The van der Waals surface area contributed by atoms with E-state index in [1.165, 1.54) is 31.2 Å². The normalized spacial score (nSPS) is 14.3. The maximum atomic E-state index is 12.6. The summed E-state index contributed by atoms with van der Waals surface area (Å²) in [4.78, 5) is 10.1. The van der Waals surface area contributed by atoms with E-state index >= 15 is 0 Å². The van der Waals surface area contributed by atoms with Gasteiger partial charge < -0.3 is 0 Å². The highest BCUT2D eigenvalue weighted by atomic mass is 35.5. The SMILES string of the molecule is CC(C(Cl)c1ccccc1)S(=O)(=O)c1ccc([N+](=O)[O-])cc1. The van der Waals surface area contributed by atoms with Gasteiger partial charge in [0.05, 0.1) is 20.4 Å². The van der Waals surface area contributed by atoms with Crippen LogP contribution >= 0.6 is 11.6 Å². The zero-order chi connectivity index (χ0) is 16.3. The van der Waals surface area contributed by atoms with Crippen LogP contribution in [-0.4, -0.2) is 18.6 Å². The van der Waals surface area contributed by atoms with Crippen LogP contribution in [0.4, 0.5) is 5.69 Å². The average molecular weight is 340 g/mol. The molecule has 0 saturated heterocycles. The van der Waals surface area contributed by atoms with Crippen molar-refractivity contribution in [1.29, 1.82) is 0 Å². The van der Waals surface area contributed by atoms with Gasteiger partial charge in [-0.3, -0.25) is 10.1 Å². The lowest BCUT2D eigenvalue weighted by atomic mass is 10.1. The Hall–Kier alpha value is -1.92. The van der Waals surface area contributed by atoms with Gasteiger partial charge in [0.1, 0.15) is 0 Å². The summed E-state index contributed by atoms with van der Waals surface area (Å²) >= 11 is 6.29. The first-order valence-electron chi connectivity index (χ1n) is 6.51. The van der Waals surface area contributed by atoms with E-state index in [1.807, 2.05) is 6.07 Å². The van der Waals surface area contributed by atoms with Crippen molar-refractivity contribution in [2.24, 2.45) is 0 Å². The molecule has 0 spiro atoms. The van der Waals surface area contributed by atoms with Gasteiger partial charge in [-0.25, -0.2) is 8.42 Å². The number of sulfone groups is 1. The lowest BCUT2D eigenvalue weighted by Crippen LogP contribution is -2.22. The summed E-state index contributed by atoms with van der Waals surface area (Å²) in [5.41, 5.74) is 0.555. The molecule has 5 nitrogen and oxygen atoms in total. The van der Waals surface area contributed by atoms with E-state index in [0.29, 0.717) is 5.56 Å². The van der Waals surface area contributed by atoms with Crippen molar-refractivity contribution < 1.29 is 13.3 Å². The standard InChI is InChI=1S/C15H14ClNO4S/c1-11(15(16)12-5-3-2-4-6-12)22(20,21)14-9-7-13(8-10-14)17(18)19/h2-11,15H,1H3. The molecule has 116 valence electrons. The van der Waals surface area contributed by atoms with E-state index in [2.05, 4.69) is 0 Å². The van der Waals surface area contributed by atoms with Crippen LogP contribution in [0.5, 0.6) is 0 Å². The van der Waals surface area contributed by atoms with Crippen LogP contribution in [0.3, 0.4) is 0 Å². The maximum absolute atomic E-state index is 12.6. The molecule has 0 amide bonds.